The van der Waals surface area contributed by atoms with Crippen LogP contribution in [-0.4, -0.2) is 41.5 Å². The van der Waals surface area contributed by atoms with E-state index in [0.29, 0.717) is 22.6 Å². The third-order valence-electron chi connectivity index (χ3n) is 6.55. The number of para-hydroxylation sites is 1. The first-order valence-corrected chi connectivity index (χ1v) is 12.0. The summed E-state index contributed by atoms with van der Waals surface area (Å²) < 4.78 is 4.35. The molecular formula is C24H21Cl2N7O2. The molecule has 9 nitrogen and oxygen atoms in total. The Morgan fingerprint density at radius 2 is 1.94 bits per heavy atom. The minimum absolute atomic E-state index is 0.155. The van der Waals surface area contributed by atoms with Crippen molar-refractivity contribution in [2.24, 2.45) is 7.05 Å². The van der Waals surface area contributed by atoms with Crippen molar-refractivity contribution in [1.82, 2.24) is 34.2 Å². The van der Waals surface area contributed by atoms with E-state index in [4.69, 9.17) is 23.2 Å². The molecule has 0 bridgehead atoms. The van der Waals surface area contributed by atoms with Gasteiger partial charge in [-0.15, -0.1) is 0 Å². The zero-order valence-electron chi connectivity index (χ0n) is 18.8. The first-order valence-electron chi connectivity index (χ1n) is 11.3. The van der Waals surface area contributed by atoms with Gasteiger partial charge in [0.15, 0.2) is 0 Å². The molecule has 1 aromatic carbocycles. The Morgan fingerprint density at radius 3 is 2.69 bits per heavy atom. The molecule has 5 heterocycles. The number of hydrogen-bond acceptors (Lipinski definition) is 5. The summed E-state index contributed by atoms with van der Waals surface area (Å²) >= 11 is 12.6. The number of halogens is 2. The van der Waals surface area contributed by atoms with Crippen LogP contribution in [-0.2, 0) is 13.6 Å². The van der Waals surface area contributed by atoms with E-state index in [0.717, 1.165) is 35.3 Å². The van der Waals surface area contributed by atoms with Crippen LogP contribution < -0.4 is 16.6 Å². The van der Waals surface area contributed by atoms with Crippen molar-refractivity contribution >= 4 is 45.1 Å². The highest BCUT2D eigenvalue weighted by molar-refractivity contribution is 6.37. The molecule has 11 heteroatoms. The number of aromatic nitrogens is 6. The molecule has 2 N–H and O–H groups in total. The first kappa shape index (κ1) is 22.1. The molecule has 0 saturated carbocycles. The number of H-pyrrole nitrogens is 1. The van der Waals surface area contributed by atoms with Crippen LogP contribution in [0.4, 0.5) is 0 Å². The van der Waals surface area contributed by atoms with Crippen molar-refractivity contribution in [2.75, 3.05) is 6.54 Å². The maximum atomic E-state index is 13.5. The van der Waals surface area contributed by atoms with Gasteiger partial charge in [0.25, 0.3) is 5.56 Å². The lowest BCUT2D eigenvalue weighted by Crippen LogP contribution is -2.38. The van der Waals surface area contributed by atoms with Crippen molar-refractivity contribution in [3.05, 3.63) is 73.7 Å². The molecular weight excluding hydrogens is 489 g/mol. The number of aromatic amines is 1. The number of pyridine rings is 1. The fraction of sp³-hybridized carbons (Fsp3) is 0.250. The molecule has 5 aromatic rings. The molecule has 1 atom stereocenters. The van der Waals surface area contributed by atoms with E-state index in [1.54, 1.807) is 31.4 Å². The Bertz CT molecular complexity index is 1700. The summed E-state index contributed by atoms with van der Waals surface area (Å²) in [4.78, 5) is 34.6. The monoisotopic (exact) mass is 509 g/mol. The number of fused-ring (bicyclic) bond motifs is 3. The summed E-state index contributed by atoms with van der Waals surface area (Å²) in [6, 6.07) is 7.15. The van der Waals surface area contributed by atoms with Crippen LogP contribution in [0, 0.1) is 0 Å². The highest BCUT2D eigenvalue weighted by Gasteiger charge is 2.21. The van der Waals surface area contributed by atoms with Crippen LogP contribution in [0.5, 0.6) is 0 Å². The van der Waals surface area contributed by atoms with Crippen LogP contribution in [0.1, 0.15) is 12.8 Å². The Hall–Kier alpha value is -3.40. The molecule has 0 radical (unpaired) electrons. The standard InChI is InChI=1S/C24H21Cl2N7O2/c1-31-20-15-8-19(13-9-29-32(11-13)12-14-4-3-7-27-14)30-22(15)28-10-16(20)23(34)33(24(31)35)21-17(25)5-2-6-18(21)26/h2,5-6,8-11,14,27H,3-4,7,12H2,1H3,(H,28,30)/t14-/m1/s1. The molecule has 1 aliphatic heterocycles. The van der Waals surface area contributed by atoms with E-state index in [-0.39, 0.29) is 21.1 Å². The topological polar surface area (TPSA) is 103 Å². The second-order valence-electron chi connectivity index (χ2n) is 8.76. The second kappa shape index (κ2) is 8.37. The lowest BCUT2D eigenvalue weighted by molar-refractivity contribution is 0.476. The Labute approximate surface area is 208 Å². The van der Waals surface area contributed by atoms with Crippen LogP contribution in [0.15, 0.2) is 52.4 Å². The van der Waals surface area contributed by atoms with E-state index in [9.17, 15) is 9.59 Å². The van der Waals surface area contributed by atoms with Crippen molar-refractivity contribution in [1.29, 1.82) is 0 Å². The third kappa shape index (κ3) is 3.58. The molecule has 4 aromatic heterocycles. The van der Waals surface area contributed by atoms with Crippen LogP contribution in [0.3, 0.4) is 0 Å². The molecule has 0 amide bonds. The van der Waals surface area contributed by atoms with E-state index in [1.165, 1.54) is 17.2 Å². The Kier molecular flexibility index (Phi) is 5.28. The largest absolute Gasteiger partial charge is 0.339 e. The van der Waals surface area contributed by atoms with Gasteiger partial charge in [0, 0.05) is 36.4 Å². The Morgan fingerprint density at radius 1 is 1.14 bits per heavy atom. The summed E-state index contributed by atoms with van der Waals surface area (Å²) in [6.07, 6.45) is 7.58. The third-order valence-corrected chi connectivity index (χ3v) is 7.16. The van der Waals surface area contributed by atoms with E-state index < -0.39 is 11.2 Å². The van der Waals surface area contributed by atoms with E-state index in [1.807, 2.05) is 16.9 Å². The first-order chi connectivity index (χ1) is 16.9. The van der Waals surface area contributed by atoms with Crippen molar-refractivity contribution in [2.45, 2.75) is 25.4 Å². The van der Waals surface area contributed by atoms with Crippen molar-refractivity contribution in [3.8, 4) is 16.9 Å². The number of nitrogens with zero attached hydrogens (tertiary/aromatic N) is 5. The zero-order chi connectivity index (χ0) is 24.3. The number of hydrogen-bond donors (Lipinski definition) is 2. The molecule has 1 saturated heterocycles. The van der Waals surface area contributed by atoms with Crippen molar-refractivity contribution < 1.29 is 0 Å². The summed E-state index contributed by atoms with van der Waals surface area (Å²) in [6.45, 7) is 1.85. The van der Waals surface area contributed by atoms with Gasteiger partial charge < -0.3 is 10.3 Å². The average Bonchev–Trinajstić information content (AvgIpc) is 3.60. The minimum atomic E-state index is -0.551. The lowest BCUT2D eigenvalue weighted by atomic mass is 10.2. The van der Waals surface area contributed by atoms with Gasteiger partial charge in [0.2, 0.25) is 0 Å². The van der Waals surface area contributed by atoms with Crippen LogP contribution >= 0.6 is 23.2 Å². The fourth-order valence-corrected chi connectivity index (χ4v) is 5.39. The summed E-state index contributed by atoms with van der Waals surface area (Å²) in [7, 11) is 1.62. The molecule has 6 rings (SSSR count). The van der Waals surface area contributed by atoms with Crippen LogP contribution in [0.2, 0.25) is 10.0 Å². The van der Waals surface area contributed by atoms with Crippen molar-refractivity contribution in [3.63, 3.8) is 0 Å². The molecule has 178 valence electrons. The van der Waals surface area contributed by atoms with E-state index >= 15 is 0 Å². The fourth-order valence-electron chi connectivity index (χ4n) is 4.83. The zero-order valence-corrected chi connectivity index (χ0v) is 20.3. The predicted molar refractivity (Wildman–Crippen MR) is 137 cm³/mol. The second-order valence-corrected chi connectivity index (χ2v) is 9.58. The minimum Gasteiger partial charge on any atom is -0.339 e. The number of nitrogens with one attached hydrogen (secondary N) is 2. The molecule has 1 fully saturated rings. The van der Waals surface area contributed by atoms with Gasteiger partial charge >= 0.3 is 5.69 Å². The van der Waals surface area contributed by atoms with Gasteiger partial charge in [0.05, 0.1) is 45.1 Å². The summed E-state index contributed by atoms with van der Waals surface area (Å²) in [5.74, 6) is 0. The number of aryl methyl sites for hydroxylation is 1. The molecule has 0 unspecified atom stereocenters. The highest BCUT2D eigenvalue weighted by atomic mass is 35.5. The highest BCUT2D eigenvalue weighted by Crippen LogP contribution is 2.29. The maximum Gasteiger partial charge on any atom is 0.335 e. The SMILES string of the molecule is Cn1c(=O)n(-c2c(Cl)cccc2Cl)c(=O)c2cnc3[nH]c(-c4cnn(C[C@H]5CCCN5)c4)cc3c21. The molecule has 35 heavy (non-hydrogen) atoms. The number of benzene rings is 1. The normalized spacial score (nSPS) is 16.0. The van der Waals surface area contributed by atoms with E-state index in [2.05, 4.69) is 20.4 Å². The summed E-state index contributed by atoms with van der Waals surface area (Å²) in [5.41, 5.74) is 1.82. The van der Waals surface area contributed by atoms with Gasteiger partial charge in [-0.2, -0.15) is 5.10 Å². The van der Waals surface area contributed by atoms with Crippen LogP contribution in [0.25, 0.3) is 38.9 Å². The summed E-state index contributed by atoms with van der Waals surface area (Å²) in [5, 5.41) is 9.34. The number of rotatable bonds is 4. The predicted octanol–water partition coefficient (Wildman–Crippen LogP) is 3.49. The maximum absolute atomic E-state index is 13.5. The quantitative estimate of drug-likeness (QED) is 0.386. The lowest BCUT2D eigenvalue weighted by Gasteiger charge is -2.13. The average molecular weight is 510 g/mol. The molecule has 0 aliphatic carbocycles. The smallest absolute Gasteiger partial charge is 0.335 e. The van der Waals surface area contributed by atoms with Gasteiger partial charge in [-0.3, -0.25) is 14.0 Å². The molecule has 0 spiro atoms. The van der Waals surface area contributed by atoms with Gasteiger partial charge in [-0.1, -0.05) is 29.3 Å². The Balaban J connectivity index is 1.50. The van der Waals surface area contributed by atoms with Gasteiger partial charge in [-0.25, -0.2) is 14.3 Å². The molecule has 1 aliphatic rings. The van der Waals surface area contributed by atoms with Gasteiger partial charge in [-0.05, 0) is 37.6 Å². The van der Waals surface area contributed by atoms with Gasteiger partial charge in [0.1, 0.15) is 5.65 Å².